The van der Waals surface area contributed by atoms with Gasteiger partial charge in [-0.25, -0.2) is 0 Å². The van der Waals surface area contributed by atoms with E-state index in [9.17, 15) is 9.59 Å². The molecule has 2 amide bonds. The monoisotopic (exact) mass is 336 g/mol. The van der Waals surface area contributed by atoms with Crippen LogP contribution in [-0.4, -0.2) is 62.0 Å². The quantitative estimate of drug-likeness (QED) is 0.660. The van der Waals surface area contributed by atoms with Crippen molar-refractivity contribution in [2.45, 2.75) is 51.5 Å². The van der Waals surface area contributed by atoms with E-state index in [-0.39, 0.29) is 23.8 Å². The second-order valence-corrected chi connectivity index (χ2v) is 7.78. The molecule has 24 heavy (non-hydrogen) atoms. The smallest absolute Gasteiger partial charge is 0.234 e. The molecule has 6 heteroatoms. The Hall–Kier alpha value is -1.14. The highest BCUT2D eigenvalue weighted by atomic mass is 16.2. The first-order valence-electron chi connectivity index (χ1n) is 9.63. The fraction of sp³-hybridized carbons (Fsp3) is 0.889. The number of hydrogen-bond acceptors (Lipinski definition) is 4. The van der Waals surface area contributed by atoms with Crippen LogP contribution in [0.5, 0.6) is 0 Å². The van der Waals surface area contributed by atoms with E-state index in [2.05, 4.69) is 27.8 Å². The third kappa shape index (κ3) is 4.28. The van der Waals surface area contributed by atoms with Gasteiger partial charge >= 0.3 is 0 Å². The maximum Gasteiger partial charge on any atom is 0.234 e. The Bertz CT molecular complexity index is 454. The minimum atomic E-state index is 0.116. The molecule has 1 spiro atoms. The van der Waals surface area contributed by atoms with Gasteiger partial charge in [0.15, 0.2) is 0 Å². The fourth-order valence-corrected chi connectivity index (χ4v) is 4.26. The van der Waals surface area contributed by atoms with Crippen LogP contribution in [0.4, 0.5) is 0 Å². The molecule has 3 N–H and O–H groups in total. The number of carbonyl (C=O) groups excluding carboxylic acids is 2. The summed E-state index contributed by atoms with van der Waals surface area (Å²) in [5.74, 6) is 0.638. The molecule has 0 bridgehead atoms. The van der Waals surface area contributed by atoms with Crippen LogP contribution in [0.2, 0.25) is 0 Å². The van der Waals surface area contributed by atoms with E-state index in [4.69, 9.17) is 0 Å². The van der Waals surface area contributed by atoms with Crippen LogP contribution in [0.15, 0.2) is 0 Å². The lowest BCUT2D eigenvalue weighted by Crippen LogP contribution is -2.48. The van der Waals surface area contributed by atoms with Gasteiger partial charge in [-0.1, -0.05) is 6.92 Å². The highest BCUT2D eigenvalue weighted by Gasteiger charge is 2.57. The molecule has 1 atom stereocenters. The summed E-state index contributed by atoms with van der Waals surface area (Å²) in [6, 6.07) is 0.284. The summed E-state index contributed by atoms with van der Waals surface area (Å²) in [5.41, 5.74) is 0.313. The molecule has 2 aliphatic heterocycles. The molecule has 136 valence electrons. The zero-order valence-electron chi connectivity index (χ0n) is 14.9. The Morgan fingerprint density at radius 3 is 2.58 bits per heavy atom. The first kappa shape index (κ1) is 17.7. The highest BCUT2D eigenvalue weighted by Crippen LogP contribution is 2.58. The van der Waals surface area contributed by atoms with Gasteiger partial charge in [0, 0.05) is 31.6 Å². The molecule has 1 unspecified atom stereocenters. The number of rotatable bonds is 6. The number of carbonyl (C=O) groups is 2. The zero-order valence-corrected chi connectivity index (χ0v) is 14.9. The number of nitrogens with zero attached hydrogens (tertiary/aromatic N) is 1. The van der Waals surface area contributed by atoms with Crippen molar-refractivity contribution in [3.05, 3.63) is 0 Å². The maximum atomic E-state index is 12.5. The van der Waals surface area contributed by atoms with Gasteiger partial charge in [-0.2, -0.15) is 0 Å². The van der Waals surface area contributed by atoms with Crippen LogP contribution >= 0.6 is 0 Å². The molecule has 0 radical (unpaired) electrons. The molecule has 1 aliphatic carbocycles. The molecule has 0 aromatic carbocycles. The first-order valence-corrected chi connectivity index (χ1v) is 9.63. The Labute approximate surface area is 145 Å². The molecule has 0 aromatic heterocycles. The Kier molecular flexibility index (Phi) is 5.76. The van der Waals surface area contributed by atoms with Crippen molar-refractivity contribution in [2.24, 2.45) is 11.3 Å². The standard InChI is InChI=1S/C18H32N4O2/c1-2-7-20-16(23)13-22-10-3-14(4-11-22)21-17(24)15-12-18(15)5-8-19-9-6-18/h14-15,19H,2-13H2,1H3,(H,20,23)(H,21,24). The third-order valence-corrected chi connectivity index (χ3v) is 5.98. The summed E-state index contributed by atoms with van der Waals surface area (Å²) in [4.78, 5) is 26.5. The number of piperidine rings is 2. The van der Waals surface area contributed by atoms with Crippen molar-refractivity contribution in [2.75, 3.05) is 39.3 Å². The molecule has 3 fully saturated rings. The van der Waals surface area contributed by atoms with Crippen LogP contribution in [-0.2, 0) is 9.59 Å². The summed E-state index contributed by atoms with van der Waals surface area (Å²) in [7, 11) is 0. The average Bonchev–Trinajstić information content (AvgIpc) is 3.28. The van der Waals surface area contributed by atoms with Crippen molar-refractivity contribution in [1.29, 1.82) is 0 Å². The van der Waals surface area contributed by atoms with E-state index in [0.717, 1.165) is 71.2 Å². The van der Waals surface area contributed by atoms with Gasteiger partial charge < -0.3 is 16.0 Å². The fourth-order valence-electron chi connectivity index (χ4n) is 4.26. The Morgan fingerprint density at radius 2 is 1.92 bits per heavy atom. The second kappa shape index (κ2) is 7.83. The summed E-state index contributed by atoms with van der Waals surface area (Å²) in [6.07, 6.45) is 6.25. The number of nitrogens with one attached hydrogen (secondary N) is 3. The summed E-state index contributed by atoms with van der Waals surface area (Å²) in [5, 5.41) is 9.58. The van der Waals surface area contributed by atoms with E-state index >= 15 is 0 Å². The lowest BCUT2D eigenvalue weighted by atomic mass is 9.91. The lowest BCUT2D eigenvalue weighted by molar-refractivity contribution is -0.125. The molecule has 2 saturated heterocycles. The topological polar surface area (TPSA) is 73.5 Å². The largest absolute Gasteiger partial charge is 0.355 e. The number of amides is 2. The van der Waals surface area contributed by atoms with E-state index in [1.807, 2.05) is 0 Å². The highest BCUT2D eigenvalue weighted by molar-refractivity contribution is 5.83. The predicted octanol–water partition coefficient (Wildman–Crippen LogP) is 0.483. The van der Waals surface area contributed by atoms with Gasteiger partial charge in [0.25, 0.3) is 0 Å². The third-order valence-electron chi connectivity index (χ3n) is 5.98. The number of likely N-dealkylation sites (tertiary alicyclic amines) is 1. The maximum absolute atomic E-state index is 12.5. The minimum Gasteiger partial charge on any atom is -0.355 e. The molecule has 2 heterocycles. The normalized spacial score (nSPS) is 27.0. The second-order valence-electron chi connectivity index (χ2n) is 7.78. The van der Waals surface area contributed by atoms with Gasteiger partial charge in [-0.05, 0) is 57.0 Å². The summed E-state index contributed by atoms with van der Waals surface area (Å²) in [6.45, 7) is 7.20. The Balaban J connectivity index is 1.35. The van der Waals surface area contributed by atoms with E-state index in [1.165, 1.54) is 0 Å². The molecule has 6 nitrogen and oxygen atoms in total. The van der Waals surface area contributed by atoms with E-state index < -0.39 is 0 Å². The van der Waals surface area contributed by atoms with Crippen LogP contribution in [0.25, 0.3) is 0 Å². The predicted molar refractivity (Wildman–Crippen MR) is 93.5 cm³/mol. The van der Waals surface area contributed by atoms with Crippen molar-refractivity contribution in [1.82, 2.24) is 20.9 Å². The van der Waals surface area contributed by atoms with Gasteiger partial charge in [-0.15, -0.1) is 0 Å². The first-order chi connectivity index (χ1) is 11.6. The zero-order chi connectivity index (χ0) is 17.0. The molecule has 0 aromatic rings. The van der Waals surface area contributed by atoms with Crippen molar-refractivity contribution in [3.63, 3.8) is 0 Å². The van der Waals surface area contributed by atoms with Gasteiger partial charge in [0.1, 0.15) is 0 Å². The van der Waals surface area contributed by atoms with Gasteiger partial charge in [-0.3, -0.25) is 14.5 Å². The van der Waals surface area contributed by atoms with Crippen LogP contribution in [0, 0.1) is 11.3 Å². The van der Waals surface area contributed by atoms with Crippen LogP contribution in [0.1, 0.15) is 45.4 Å². The van der Waals surface area contributed by atoms with E-state index in [0.29, 0.717) is 12.0 Å². The van der Waals surface area contributed by atoms with Crippen molar-refractivity contribution in [3.8, 4) is 0 Å². The van der Waals surface area contributed by atoms with Crippen LogP contribution in [0.3, 0.4) is 0 Å². The molecule has 1 saturated carbocycles. The lowest BCUT2D eigenvalue weighted by Gasteiger charge is -2.32. The minimum absolute atomic E-state index is 0.116. The van der Waals surface area contributed by atoms with Crippen molar-refractivity contribution < 1.29 is 9.59 Å². The van der Waals surface area contributed by atoms with Crippen LogP contribution < -0.4 is 16.0 Å². The average molecular weight is 336 g/mol. The SMILES string of the molecule is CCCNC(=O)CN1CCC(NC(=O)C2CC23CCNCC3)CC1. The summed E-state index contributed by atoms with van der Waals surface area (Å²) < 4.78 is 0. The Morgan fingerprint density at radius 1 is 1.21 bits per heavy atom. The summed E-state index contributed by atoms with van der Waals surface area (Å²) >= 11 is 0. The molecular formula is C18H32N4O2. The molecule has 3 rings (SSSR count). The van der Waals surface area contributed by atoms with Gasteiger partial charge in [0.2, 0.25) is 11.8 Å². The molecule has 3 aliphatic rings. The number of hydrogen-bond donors (Lipinski definition) is 3. The van der Waals surface area contributed by atoms with Gasteiger partial charge in [0.05, 0.1) is 6.54 Å². The molecular weight excluding hydrogens is 304 g/mol. The van der Waals surface area contributed by atoms with Crippen molar-refractivity contribution >= 4 is 11.8 Å². The van der Waals surface area contributed by atoms with E-state index in [1.54, 1.807) is 0 Å².